The van der Waals surface area contributed by atoms with Crippen molar-refractivity contribution in [2.75, 3.05) is 0 Å². The summed E-state index contributed by atoms with van der Waals surface area (Å²) >= 11 is 0. The molecule has 1 aromatic carbocycles. The molecule has 4 heteroatoms. The van der Waals surface area contributed by atoms with Gasteiger partial charge in [-0.15, -0.1) is 0 Å². The molecule has 2 aliphatic carbocycles. The number of hydrogen-bond donors (Lipinski definition) is 1. The lowest BCUT2D eigenvalue weighted by Crippen LogP contribution is -2.41. The Morgan fingerprint density at radius 3 is 2.19 bits per heavy atom. The van der Waals surface area contributed by atoms with Crippen LogP contribution in [-0.2, 0) is 10.2 Å². The summed E-state index contributed by atoms with van der Waals surface area (Å²) in [4.78, 5) is 12.1. The highest BCUT2D eigenvalue weighted by molar-refractivity contribution is 5.81. The van der Waals surface area contributed by atoms with Crippen LogP contribution in [0, 0.1) is 29.4 Å². The summed E-state index contributed by atoms with van der Waals surface area (Å²) in [6.45, 7) is 2.25. The highest BCUT2D eigenvalue weighted by Crippen LogP contribution is 2.47. The van der Waals surface area contributed by atoms with Crippen LogP contribution in [-0.4, -0.2) is 11.1 Å². The van der Waals surface area contributed by atoms with Crippen molar-refractivity contribution in [3.05, 3.63) is 35.4 Å². The van der Waals surface area contributed by atoms with Crippen LogP contribution < -0.4 is 0 Å². The molecule has 0 unspecified atom stereocenters. The standard InChI is InChI=1S/C22H30F2O2/c1-2-3-15-4-6-16(7-5-15)17-10-12-22(13-11-17,21(25)26)18-8-9-19(23)20(24)14-18/h8-9,14-17H,2-7,10-13H2,1H3,(H,25,26). The number of carbonyl (C=O) groups is 1. The maximum atomic E-state index is 13.7. The largest absolute Gasteiger partial charge is 0.481 e. The molecule has 0 saturated heterocycles. The maximum absolute atomic E-state index is 13.7. The van der Waals surface area contributed by atoms with E-state index in [-0.39, 0.29) is 0 Å². The van der Waals surface area contributed by atoms with Crippen LogP contribution in [0.25, 0.3) is 0 Å². The lowest BCUT2D eigenvalue weighted by Gasteiger charge is -2.42. The Balaban J connectivity index is 1.66. The second kappa shape index (κ2) is 8.06. The molecule has 144 valence electrons. The van der Waals surface area contributed by atoms with E-state index < -0.39 is 23.0 Å². The SMILES string of the molecule is CCCC1CCC(C2CCC(C(=O)O)(c3ccc(F)c(F)c3)CC2)CC1. The molecule has 1 N–H and O–H groups in total. The second-order valence-electron chi connectivity index (χ2n) is 8.42. The first kappa shape index (κ1) is 19.3. The van der Waals surface area contributed by atoms with E-state index in [1.54, 1.807) is 0 Å². The minimum atomic E-state index is -1.07. The van der Waals surface area contributed by atoms with Gasteiger partial charge in [0, 0.05) is 0 Å². The molecule has 2 aliphatic rings. The van der Waals surface area contributed by atoms with Crippen LogP contribution in [0.1, 0.15) is 76.7 Å². The molecule has 0 aromatic heterocycles. The van der Waals surface area contributed by atoms with E-state index in [0.29, 0.717) is 30.2 Å². The molecule has 2 nitrogen and oxygen atoms in total. The number of aliphatic carboxylic acids is 1. The molecule has 0 heterocycles. The molecule has 0 amide bonds. The van der Waals surface area contributed by atoms with Gasteiger partial charge in [-0.05, 0) is 74.0 Å². The number of carboxylic acid groups (broad SMARTS) is 1. The fraction of sp³-hybridized carbons (Fsp3) is 0.682. The highest BCUT2D eigenvalue weighted by Gasteiger charge is 2.45. The molecular weight excluding hydrogens is 334 g/mol. The Kier molecular flexibility index (Phi) is 5.99. The van der Waals surface area contributed by atoms with Crippen molar-refractivity contribution < 1.29 is 18.7 Å². The van der Waals surface area contributed by atoms with Gasteiger partial charge in [0.05, 0.1) is 5.41 Å². The zero-order valence-corrected chi connectivity index (χ0v) is 15.6. The zero-order valence-electron chi connectivity index (χ0n) is 15.6. The predicted molar refractivity (Wildman–Crippen MR) is 98.0 cm³/mol. The first-order chi connectivity index (χ1) is 12.5. The Labute approximate surface area is 155 Å². The topological polar surface area (TPSA) is 37.3 Å². The summed E-state index contributed by atoms with van der Waals surface area (Å²) in [6, 6.07) is 3.58. The average molecular weight is 364 g/mol. The molecular formula is C22H30F2O2. The van der Waals surface area contributed by atoms with Gasteiger partial charge >= 0.3 is 5.97 Å². The third-order valence-electron chi connectivity index (χ3n) is 7.02. The smallest absolute Gasteiger partial charge is 0.314 e. The van der Waals surface area contributed by atoms with E-state index >= 15 is 0 Å². The van der Waals surface area contributed by atoms with Gasteiger partial charge in [-0.2, -0.15) is 0 Å². The highest BCUT2D eigenvalue weighted by atomic mass is 19.2. The lowest BCUT2D eigenvalue weighted by atomic mass is 9.62. The predicted octanol–water partition coefficient (Wildman–Crippen LogP) is 6.08. The van der Waals surface area contributed by atoms with Gasteiger partial charge in [0.15, 0.2) is 11.6 Å². The molecule has 2 fully saturated rings. The van der Waals surface area contributed by atoms with Crippen LogP contribution in [0.2, 0.25) is 0 Å². The van der Waals surface area contributed by atoms with E-state index in [1.165, 1.54) is 44.6 Å². The van der Waals surface area contributed by atoms with Crippen molar-refractivity contribution in [1.82, 2.24) is 0 Å². The minimum Gasteiger partial charge on any atom is -0.481 e. The molecule has 0 aliphatic heterocycles. The van der Waals surface area contributed by atoms with E-state index in [1.807, 2.05) is 0 Å². The van der Waals surface area contributed by atoms with Gasteiger partial charge in [-0.1, -0.05) is 38.7 Å². The number of carboxylic acids is 1. The molecule has 0 radical (unpaired) electrons. The van der Waals surface area contributed by atoms with Gasteiger partial charge in [-0.25, -0.2) is 8.78 Å². The van der Waals surface area contributed by atoms with Gasteiger partial charge in [0.25, 0.3) is 0 Å². The van der Waals surface area contributed by atoms with Crippen molar-refractivity contribution in [2.24, 2.45) is 17.8 Å². The fourth-order valence-corrected chi connectivity index (χ4v) is 5.38. The van der Waals surface area contributed by atoms with Crippen molar-refractivity contribution in [1.29, 1.82) is 0 Å². The third-order valence-corrected chi connectivity index (χ3v) is 7.02. The van der Waals surface area contributed by atoms with Gasteiger partial charge < -0.3 is 5.11 Å². The summed E-state index contributed by atoms with van der Waals surface area (Å²) in [5, 5.41) is 9.88. The summed E-state index contributed by atoms with van der Waals surface area (Å²) in [5.74, 6) is -0.629. The summed E-state index contributed by atoms with van der Waals surface area (Å²) in [5.41, 5.74) is -0.654. The summed E-state index contributed by atoms with van der Waals surface area (Å²) < 4.78 is 26.9. The normalized spacial score (nSPS) is 32.3. The van der Waals surface area contributed by atoms with Crippen molar-refractivity contribution >= 4 is 5.97 Å². The van der Waals surface area contributed by atoms with Crippen LogP contribution in [0.15, 0.2) is 18.2 Å². The van der Waals surface area contributed by atoms with Crippen molar-refractivity contribution in [3.8, 4) is 0 Å². The Morgan fingerprint density at radius 2 is 1.65 bits per heavy atom. The molecule has 0 spiro atoms. The van der Waals surface area contributed by atoms with Crippen molar-refractivity contribution in [2.45, 2.75) is 76.5 Å². The van der Waals surface area contributed by atoms with Gasteiger partial charge in [-0.3, -0.25) is 4.79 Å². The Bertz CT molecular complexity index is 627. The van der Waals surface area contributed by atoms with E-state index in [9.17, 15) is 18.7 Å². The van der Waals surface area contributed by atoms with Gasteiger partial charge in [0.2, 0.25) is 0 Å². The van der Waals surface area contributed by atoms with E-state index in [2.05, 4.69) is 6.92 Å². The lowest BCUT2D eigenvalue weighted by molar-refractivity contribution is -0.146. The Morgan fingerprint density at radius 1 is 1.04 bits per heavy atom. The number of hydrogen-bond acceptors (Lipinski definition) is 1. The monoisotopic (exact) mass is 364 g/mol. The molecule has 2 saturated carbocycles. The van der Waals surface area contributed by atoms with Gasteiger partial charge in [0.1, 0.15) is 0 Å². The van der Waals surface area contributed by atoms with Crippen LogP contribution in [0.5, 0.6) is 0 Å². The molecule has 0 bridgehead atoms. The molecule has 0 atom stereocenters. The summed E-state index contributed by atoms with van der Waals surface area (Å²) in [7, 11) is 0. The zero-order chi connectivity index (χ0) is 18.7. The molecule has 3 rings (SSSR count). The summed E-state index contributed by atoms with van der Waals surface area (Å²) in [6.07, 6.45) is 10.5. The van der Waals surface area contributed by atoms with Crippen molar-refractivity contribution in [3.63, 3.8) is 0 Å². The number of benzene rings is 1. The quantitative estimate of drug-likeness (QED) is 0.687. The number of halogens is 2. The fourth-order valence-electron chi connectivity index (χ4n) is 5.38. The van der Waals surface area contributed by atoms with Crippen LogP contribution in [0.4, 0.5) is 8.78 Å². The first-order valence-corrected chi connectivity index (χ1v) is 10.1. The van der Waals surface area contributed by atoms with E-state index in [0.717, 1.165) is 30.9 Å². The number of rotatable bonds is 5. The minimum absolute atomic E-state index is 0.411. The van der Waals surface area contributed by atoms with E-state index in [4.69, 9.17) is 0 Å². The Hall–Kier alpha value is -1.45. The molecule has 26 heavy (non-hydrogen) atoms. The maximum Gasteiger partial charge on any atom is 0.314 e. The van der Waals surface area contributed by atoms with Crippen LogP contribution in [0.3, 0.4) is 0 Å². The average Bonchev–Trinajstić information content (AvgIpc) is 2.65. The molecule has 1 aromatic rings. The second-order valence-corrected chi connectivity index (χ2v) is 8.42. The third kappa shape index (κ3) is 3.79. The van der Waals surface area contributed by atoms with Crippen LogP contribution >= 0.6 is 0 Å². The first-order valence-electron chi connectivity index (χ1n) is 10.1.